The van der Waals surface area contributed by atoms with Gasteiger partial charge in [0, 0.05) is 0 Å². The highest BCUT2D eigenvalue weighted by molar-refractivity contribution is 6.48. The lowest BCUT2D eigenvalue weighted by molar-refractivity contribution is 0.00578. The molecule has 5 heteroatoms. The van der Waals surface area contributed by atoms with Crippen molar-refractivity contribution in [2.24, 2.45) is 0 Å². The van der Waals surface area contributed by atoms with Gasteiger partial charge in [-0.15, -0.1) is 0 Å². The van der Waals surface area contributed by atoms with Crippen LogP contribution < -0.4 is 4.84 Å². The van der Waals surface area contributed by atoms with Crippen LogP contribution in [0.2, 0.25) is 0 Å². The number of benzene rings is 1. The van der Waals surface area contributed by atoms with Gasteiger partial charge < -0.3 is 9.31 Å². The zero-order valence-corrected chi connectivity index (χ0v) is 12.7. The fraction of sp³-hybridized carbons (Fsp3) is 0.571. The summed E-state index contributed by atoms with van der Waals surface area (Å²) in [6.45, 7) is 8.17. The first kappa shape index (κ1) is 14.9. The van der Waals surface area contributed by atoms with Crippen LogP contribution in [-0.4, -0.2) is 24.3 Å². The third-order valence-corrected chi connectivity index (χ3v) is 4.32. The number of hydrogen-bond donors (Lipinski definition) is 1. The summed E-state index contributed by atoms with van der Waals surface area (Å²) in [4.78, 5) is 2.79. The summed E-state index contributed by atoms with van der Waals surface area (Å²) in [6, 6.07) is 10.2. The van der Waals surface area contributed by atoms with Gasteiger partial charge in [0.2, 0.25) is 0 Å². The normalized spacial score (nSPS) is 22.5. The van der Waals surface area contributed by atoms with Gasteiger partial charge in [0.05, 0.1) is 17.1 Å². The molecule has 1 unspecified atom stereocenters. The highest BCUT2D eigenvalue weighted by atomic mass is 35.5. The van der Waals surface area contributed by atoms with Gasteiger partial charge in [-0.25, -0.2) is 4.84 Å². The maximum Gasteiger partial charge on any atom is 0.477 e. The summed E-state index contributed by atoms with van der Waals surface area (Å²) in [5.41, 5.74) is 0.538. The smallest absolute Gasteiger partial charge is 0.402 e. The van der Waals surface area contributed by atoms with Crippen molar-refractivity contribution < 1.29 is 9.31 Å². The van der Waals surface area contributed by atoms with Gasteiger partial charge in [-0.2, -0.15) is 0 Å². The molecular weight excluding hydrogens is 260 g/mol. The van der Waals surface area contributed by atoms with Crippen LogP contribution in [0, 0.1) is 0 Å². The Balaban J connectivity index is 2.08. The van der Waals surface area contributed by atoms with Gasteiger partial charge in [-0.1, -0.05) is 30.3 Å². The molecule has 3 nitrogen and oxygen atoms in total. The maximum atomic E-state index is 6.02. The molecule has 19 heavy (non-hydrogen) atoms. The van der Waals surface area contributed by atoms with E-state index >= 15 is 0 Å². The second kappa shape index (κ2) is 5.45. The summed E-state index contributed by atoms with van der Waals surface area (Å²) in [7, 11) is -0.345. The average molecular weight is 282 g/mol. The highest BCUT2D eigenvalue weighted by Crippen LogP contribution is 2.37. The van der Waals surface area contributed by atoms with Crippen LogP contribution >= 0.6 is 11.8 Å². The van der Waals surface area contributed by atoms with Crippen molar-refractivity contribution in [1.82, 2.24) is 4.84 Å². The van der Waals surface area contributed by atoms with E-state index in [0.717, 1.165) is 6.42 Å². The third kappa shape index (κ3) is 3.14. The molecule has 0 saturated carbocycles. The van der Waals surface area contributed by atoms with E-state index in [9.17, 15) is 0 Å². The number of rotatable bonds is 4. The quantitative estimate of drug-likeness (QED) is 0.680. The SMILES string of the molecule is CC1(C)OB(C(Cc2ccccc2)NCl)OC1(C)C. The van der Waals surface area contributed by atoms with E-state index < -0.39 is 0 Å². The van der Waals surface area contributed by atoms with E-state index in [2.05, 4.69) is 17.0 Å². The molecule has 0 spiro atoms. The van der Waals surface area contributed by atoms with Gasteiger partial charge in [0.25, 0.3) is 0 Å². The van der Waals surface area contributed by atoms with E-state index in [1.807, 2.05) is 45.9 Å². The lowest BCUT2D eigenvalue weighted by atomic mass is 9.75. The van der Waals surface area contributed by atoms with Crippen molar-refractivity contribution in [3.05, 3.63) is 35.9 Å². The molecule has 1 fully saturated rings. The molecule has 1 saturated heterocycles. The molecule has 1 N–H and O–H groups in total. The number of nitrogens with one attached hydrogen (secondary N) is 1. The topological polar surface area (TPSA) is 30.5 Å². The average Bonchev–Trinajstić information content (AvgIpc) is 2.56. The molecule has 1 aromatic rings. The van der Waals surface area contributed by atoms with Gasteiger partial charge in [-0.05, 0) is 51.5 Å². The molecule has 0 amide bonds. The van der Waals surface area contributed by atoms with Gasteiger partial charge >= 0.3 is 7.12 Å². The number of hydrogen-bond acceptors (Lipinski definition) is 3. The van der Waals surface area contributed by atoms with Crippen LogP contribution in [-0.2, 0) is 15.7 Å². The van der Waals surface area contributed by atoms with Crippen molar-refractivity contribution in [3.63, 3.8) is 0 Å². The first-order valence-electron chi connectivity index (χ1n) is 6.61. The first-order chi connectivity index (χ1) is 8.86. The highest BCUT2D eigenvalue weighted by Gasteiger charge is 2.53. The van der Waals surface area contributed by atoms with Crippen LogP contribution in [0.1, 0.15) is 33.3 Å². The predicted octanol–water partition coefficient (Wildman–Crippen LogP) is 2.97. The largest absolute Gasteiger partial charge is 0.477 e. The standard InChI is InChI=1S/C14H21BClNO2/c1-13(2)14(3,4)19-15(18-13)12(17-16)10-11-8-6-5-7-9-11/h5-9,12,17H,10H2,1-4H3. The number of halogens is 1. The minimum absolute atomic E-state index is 0.0786. The predicted molar refractivity (Wildman–Crippen MR) is 79.0 cm³/mol. The fourth-order valence-corrected chi connectivity index (χ4v) is 2.29. The molecule has 1 aliphatic heterocycles. The van der Waals surface area contributed by atoms with Gasteiger partial charge in [-0.3, -0.25) is 0 Å². The van der Waals surface area contributed by atoms with Gasteiger partial charge in [0.15, 0.2) is 0 Å². The Labute approximate surface area is 120 Å². The Morgan fingerprint density at radius 1 is 1.11 bits per heavy atom. The van der Waals surface area contributed by atoms with Crippen molar-refractivity contribution in [2.45, 2.75) is 51.3 Å². The van der Waals surface area contributed by atoms with E-state index in [4.69, 9.17) is 21.1 Å². The monoisotopic (exact) mass is 281 g/mol. The molecule has 1 aromatic carbocycles. The molecular formula is C14H21BClNO2. The molecule has 0 aromatic heterocycles. The molecule has 1 aliphatic rings. The second-order valence-corrected chi connectivity index (χ2v) is 6.25. The Bertz CT molecular complexity index is 409. The lowest BCUT2D eigenvalue weighted by Crippen LogP contribution is -2.43. The van der Waals surface area contributed by atoms with Crippen LogP contribution in [0.3, 0.4) is 0 Å². The van der Waals surface area contributed by atoms with Crippen molar-refractivity contribution in [2.75, 3.05) is 0 Å². The molecule has 0 radical (unpaired) electrons. The summed E-state index contributed by atoms with van der Waals surface area (Å²) in [6.07, 6.45) is 0.765. The Morgan fingerprint density at radius 2 is 1.63 bits per heavy atom. The zero-order chi connectivity index (χ0) is 14.1. The molecule has 1 heterocycles. The molecule has 0 bridgehead atoms. The summed E-state index contributed by atoms with van der Waals surface area (Å²) >= 11 is 5.87. The maximum absolute atomic E-state index is 6.02. The second-order valence-electron chi connectivity index (χ2n) is 6.03. The molecule has 104 valence electrons. The Hall–Kier alpha value is -0.545. The molecule has 0 aliphatic carbocycles. The Kier molecular flexibility index (Phi) is 4.26. The van der Waals surface area contributed by atoms with E-state index in [1.165, 1.54) is 5.56 Å². The minimum Gasteiger partial charge on any atom is -0.402 e. The van der Waals surface area contributed by atoms with E-state index in [-0.39, 0.29) is 24.3 Å². The lowest BCUT2D eigenvalue weighted by Gasteiger charge is -2.32. The zero-order valence-electron chi connectivity index (χ0n) is 11.9. The molecule has 2 rings (SSSR count). The Morgan fingerprint density at radius 3 is 2.11 bits per heavy atom. The van der Waals surface area contributed by atoms with Crippen LogP contribution in [0.15, 0.2) is 30.3 Å². The van der Waals surface area contributed by atoms with E-state index in [0.29, 0.717) is 0 Å². The van der Waals surface area contributed by atoms with Crippen molar-refractivity contribution in [1.29, 1.82) is 0 Å². The van der Waals surface area contributed by atoms with Crippen LogP contribution in [0.5, 0.6) is 0 Å². The summed E-state index contributed by atoms with van der Waals surface area (Å²) in [5.74, 6) is -0.0786. The van der Waals surface area contributed by atoms with Crippen molar-refractivity contribution >= 4 is 18.9 Å². The molecule has 1 atom stereocenters. The van der Waals surface area contributed by atoms with Crippen LogP contribution in [0.4, 0.5) is 0 Å². The van der Waals surface area contributed by atoms with E-state index in [1.54, 1.807) is 0 Å². The minimum atomic E-state index is -0.345. The van der Waals surface area contributed by atoms with Crippen LogP contribution in [0.25, 0.3) is 0 Å². The van der Waals surface area contributed by atoms with Gasteiger partial charge in [0.1, 0.15) is 0 Å². The fourth-order valence-electron chi connectivity index (χ4n) is 2.11. The summed E-state index contributed by atoms with van der Waals surface area (Å²) in [5, 5.41) is 0. The third-order valence-electron chi connectivity index (χ3n) is 4.04. The van der Waals surface area contributed by atoms with Crippen molar-refractivity contribution in [3.8, 4) is 0 Å². The summed E-state index contributed by atoms with van der Waals surface area (Å²) < 4.78 is 12.0. The first-order valence-corrected chi connectivity index (χ1v) is 6.99.